The normalized spacial score (nSPS) is 10.9. The zero-order valence-electron chi connectivity index (χ0n) is 10.9. The molecule has 0 unspecified atom stereocenters. The SMILES string of the molecule is Cc1ccc(C(C)C)cc1OCc1sccc1Br. The van der Waals surface area contributed by atoms with Crippen molar-refractivity contribution in [1.82, 2.24) is 0 Å². The van der Waals surface area contributed by atoms with Gasteiger partial charge in [0.05, 0.1) is 4.88 Å². The maximum absolute atomic E-state index is 5.93. The number of halogens is 1. The lowest BCUT2D eigenvalue weighted by Gasteiger charge is -2.12. The van der Waals surface area contributed by atoms with Gasteiger partial charge in [-0.05, 0) is 57.4 Å². The molecule has 0 spiro atoms. The van der Waals surface area contributed by atoms with Gasteiger partial charge in [-0.3, -0.25) is 0 Å². The molecule has 0 aliphatic rings. The molecule has 1 aromatic heterocycles. The molecule has 18 heavy (non-hydrogen) atoms. The number of thiophene rings is 1. The summed E-state index contributed by atoms with van der Waals surface area (Å²) in [7, 11) is 0. The van der Waals surface area contributed by atoms with Crippen LogP contribution in [0.15, 0.2) is 34.1 Å². The molecule has 0 bridgehead atoms. The maximum Gasteiger partial charge on any atom is 0.124 e. The van der Waals surface area contributed by atoms with Crippen molar-refractivity contribution >= 4 is 27.3 Å². The molecule has 0 amide bonds. The van der Waals surface area contributed by atoms with Gasteiger partial charge in [-0.2, -0.15) is 0 Å². The van der Waals surface area contributed by atoms with E-state index in [1.807, 2.05) is 0 Å². The minimum Gasteiger partial charge on any atom is -0.488 e. The van der Waals surface area contributed by atoms with Crippen molar-refractivity contribution in [2.45, 2.75) is 33.3 Å². The third-order valence-electron chi connectivity index (χ3n) is 2.93. The van der Waals surface area contributed by atoms with E-state index in [1.54, 1.807) is 11.3 Å². The van der Waals surface area contributed by atoms with Gasteiger partial charge in [0.15, 0.2) is 0 Å². The smallest absolute Gasteiger partial charge is 0.124 e. The fraction of sp³-hybridized carbons (Fsp3) is 0.333. The third-order valence-corrected chi connectivity index (χ3v) is 4.83. The van der Waals surface area contributed by atoms with E-state index in [-0.39, 0.29) is 0 Å². The van der Waals surface area contributed by atoms with E-state index >= 15 is 0 Å². The van der Waals surface area contributed by atoms with Gasteiger partial charge in [-0.15, -0.1) is 11.3 Å². The first kappa shape index (κ1) is 13.6. The number of hydrogen-bond donors (Lipinski definition) is 0. The monoisotopic (exact) mass is 324 g/mol. The van der Waals surface area contributed by atoms with Gasteiger partial charge in [0, 0.05) is 4.47 Å². The van der Waals surface area contributed by atoms with Crippen LogP contribution in [0.2, 0.25) is 0 Å². The largest absolute Gasteiger partial charge is 0.488 e. The molecule has 96 valence electrons. The van der Waals surface area contributed by atoms with Crippen LogP contribution in [0.1, 0.15) is 35.8 Å². The van der Waals surface area contributed by atoms with Crippen LogP contribution in [0.3, 0.4) is 0 Å². The lowest BCUT2D eigenvalue weighted by atomic mass is 10.0. The van der Waals surface area contributed by atoms with Crippen molar-refractivity contribution in [1.29, 1.82) is 0 Å². The van der Waals surface area contributed by atoms with Crippen molar-refractivity contribution in [2.24, 2.45) is 0 Å². The molecule has 2 rings (SSSR count). The second kappa shape index (κ2) is 5.89. The van der Waals surface area contributed by atoms with Crippen LogP contribution in [-0.2, 0) is 6.61 Å². The molecular formula is C15H17BrOS. The Hall–Kier alpha value is -0.800. The topological polar surface area (TPSA) is 9.23 Å². The van der Waals surface area contributed by atoms with Gasteiger partial charge in [-0.25, -0.2) is 0 Å². The van der Waals surface area contributed by atoms with Crippen LogP contribution in [0.4, 0.5) is 0 Å². The summed E-state index contributed by atoms with van der Waals surface area (Å²) in [5.74, 6) is 1.52. The molecule has 0 atom stereocenters. The van der Waals surface area contributed by atoms with Crippen molar-refractivity contribution in [3.8, 4) is 5.75 Å². The minimum atomic E-state index is 0.529. The summed E-state index contributed by atoms with van der Waals surface area (Å²) in [6.45, 7) is 7.11. The molecule has 1 nitrogen and oxygen atoms in total. The number of benzene rings is 1. The van der Waals surface area contributed by atoms with E-state index in [0.717, 1.165) is 10.2 Å². The van der Waals surface area contributed by atoms with E-state index in [2.05, 4.69) is 66.3 Å². The van der Waals surface area contributed by atoms with Crippen LogP contribution in [0, 0.1) is 6.92 Å². The Bertz CT molecular complexity index is 531. The van der Waals surface area contributed by atoms with Crippen molar-refractivity contribution in [3.05, 3.63) is 50.1 Å². The van der Waals surface area contributed by atoms with Crippen molar-refractivity contribution in [2.75, 3.05) is 0 Å². The van der Waals surface area contributed by atoms with Crippen LogP contribution < -0.4 is 4.74 Å². The molecule has 0 N–H and O–H groups in total. The Labute approximate surface area is 121 Å². The Morgan fingerprint density at radius 2 is 2.06 bits per heavy atom. The number of ether oxygens (including phenoxy) is 1. The lowest BCUT2D eigenvalue weighted by molar-refractivity contribution is 0.306. The number of hydrogen-bond acceptors (Lipinski definition) is 2. The van der Waals surface area contributed by atoms with Gasteiger partial charge in [0.2, 0.25) is 0 Å². The zero-order valence-corrected chi connectivity index (χ0v) is 13.3. The molecular weight excluding hydrogens is 308 g/mol. The third kappa shape index (κ3) is 3.15. The highest BCUT2D eigenvalue weighted by Gasteiger charge is 2.07. The van der Waals surface area contributed by atoms with E-state index < -0.39 is 0 Å². The second-order valence-corrected chi connectivity index (χ2v) is 6.52. The summed E-state index contributed by atoms with van der Waals surface area (Å²) < 4.78 is 7.06. The average Bonchev–Trinajstić information content (AvgIpc) is 2.73. The molecule has 0 aliphatic heterocycles. The molecule has 1 aromatic carbocycles. The fourth-order valence-electron chi connectivity index (χ4n) is 1.70. The Morgan fingerprint density at radius 1 is 1.28 bits per heavy atom. The highest BCUT2D eigenvalue weighted by atomic mass is 79.9. The van der Waals surface area contributed by atoms with Gasteiger partial charge >= 0.3 is 0 Å². The minimum absolute atomic E-state index is 0.529. The zero-order chi connectivity index (χ0) is 13.1. The summed E-state index contributed by atoms with van der Waals surface area (Å²) in [6, 6.07) is 8.52. The van der Waals surface area contributed by atoms with Crippen molar-refractivity contribution in [3.63, 3.8) is 0 Å². The van der Waals surface area contributed by atoms with Crippen molar-refractivity contribution < 1.29 is 4.74 Å². The Morgan fingerprint density at radius 3 is 2.67 bits per heavy atom. The van der Waals surface area contributed by atoms with E-state index in [9.17, 15) is 0 Å². The van der Waals surface area contributed by atoms with Crippen LogP contribution >= 0.6 is 27.3 Å². The Kier molecular flexibility index (Phi) is 4.46. The van der Waals surface area contributed by atoms with E-state index in [4.69, 9.17) is 4.74 Å². The Balaban J connectivity index is 2.13. The van der Waals surface area contributed by atoms with Crippen LogP contribution in [-0.4, -0.2) is 0 Å². The first-order valence-electron chi connectivity index (χ1n) is 6.03. The summed E-state index contributed by atoms with van der Waals surface area (Å²) in [4.78, 5) is 1.23. The quantitative estimate of drug-likeness (QED) is 0.719. The maximum atomic E-state index is 5.93. The molecule has 1 heterocycles. The van der Waals surface area contributed by atoms with Gasteiger partial charge in [0.25, 0.3) is 0 Å². The van der Waals surface area contributed by atoms with Gasteiger partial charge in [0.1, 0.15) is 12.4 Å². The summed E-state index contributed by atoms with van der Waals surface area (Å²) in [5.41, 5.74) is 2.51. The predicted octanol–water partition coefficient (Wildman–Crippen LogP) is 5.52. The highest BCUT2D eigenvalue weighted by molar-refractivity contribution is 9.10. The first-order chi connectivity index (χ1) is 8.58. The number of rotatable bonds is 4. The van der Waals surface area contributed by atoms with Gasteiger partial charge < -0.3 is 4.74 Å². The molecule has 0 radical (unpaired) electrons. The second-order valence-electron chi connectivity index (χ2n) is 4.66. The summed E-state index contributed by atoms with van der Waals surface area (Å²) in [5, 5.41) is 2.07. The van der Waals surface area contributed by atoms with Gasteiger partial charge in [-0.1, -0.05) is 26.0 Å². The number of aryl methyl sites for hydroxylation is 1. The average molecular weight is 325 g/mol. The molecule has 2 aromatic rings. The standard InChI is InChI=1S/C15H17BrOS/c1-10(2)12-5-4-11(3)14(8-12)17-9-15-13(16)6-7-18-15/h4-8,10H,9H2,1-3H3. The molecule has 0 saturated carbocycles. The van der Waals surface area contributed by atoms with E-state index in [1.165, 1.54) is 16.0 Å². The molecule has 3 heteroatoms. The molecule has 0 aliphatic carbocycles. The predicted molar refractivity (Wildman–Crippen MR) is 81.6 cm³/mol. The molecule has 0 saturated heterocycles. The summed E-state index contributed by atoms with van der Waals surface area (Å²) >= 11 is 5.24. The first-order valence-corrected chi connectivity index (χ1v) is 7.70. The van der Waals surface area contributed by atoms with Crippen LogP contribution in [0.5, 0.6) is 5.75 Å². The highest BCUT2D eigenvalue weighted by Crippen LogP contribution is 2.28. The lowest BCUT2D eigenvalue weighted by Crippen LogP contribution is -1.97. The van der Waals surface area contributed by atoms with E-state index in [0.29, 0.717) is 12.5 Å². The molecule has 0 fully saturated rings. The fourth-order valence-corrected chi connectivity index (χ4v) is 3.08. The van der Waals surface area contributed by atoms with Crippen LogP contribution in [0.25, 0.3) is 0 Å². The summed E-state index contributed by atoms with van der Waals surface area (Å²) in [6.07, 6.45) is 0.